The first-order valence-corrected chi connectivity index (χ1v) is 4.62. The standard InChI is InChI=1S/C9H16N2O2/c12-5-3-1-2-4-10-6-9-7-11-8-13-9/h7-8,10,12H,1-6H2. The highest BCUT2D eigenvalue weighted by molar-refractivity contribution is 4.86. The Morgan fingerprint density at radius 1 is 1.38 bits per heavy atom. The summed E-state index contributed by atoms with van der Waals surface area (Å²) in [5.41, 5.74) is 0. The van der Waals surface area contributed by atoms with Crippen LogP contribution < -0.4 is 5.32 Å². The van der Waals surface area contributed by atoms with Crippen LogP contribution in [0.1, 0.15) is 25.0 Å². The molecule has 0 fully saturated rings. The molecule has 0 amide bonds. The minimum atomic E-state index is 0.294. The van der Waals surface area contributed by atoms with Crippen LogP contribution in [0.2, 0.25) is 0 Å². The zero-order chi connectivity index (χ0) is 9.36. The summed E-state index contributed by atoms with van der Waals surface area (Å²) in [6.07, 6.45) is 6.20. The third kappa shape index (κ3) is 4.65. The number of hydrogen-bond acceptors (Lipinski definition) is 4. The molecule has 1 rings (SSSR count). The highest BCUT2D eigenvalue weighted by Gasteiger charge is 1.94. The van der Waals surface area contributed by atoms with E-state index in [0.29, 0.717) is 6.61 Å². The molecular formula is C9H16N2O2. The monoisotopic (exact) mass is 184 g/mol. The molecule has 1 aromatic rings. The molecule has 0 spiro atoms. The number of oxazole rings is 1. The SMILES string of the molecule is OCCCCCNCc1cnco1. The van der Waals surface area contributed by atoms with Gasteiger partial charge in [0.05, 0.1) is 12.7 Å². The predicted molar refractivity (Wildman–Crippen MR) is 49.1 cm³/mol. The van der Waals surface area contributed by atoms with E-state index < -0.39 is 0 Å². The zero-order valence-corrected chi connectivity index (χ0v) is 7.70. The third-order valence-electron chi connectivity index (χ3n) is 1.79. The van der Waals surface area contributed by atoms with Crippen molar-refractivity contribution in [2.45, 2.75) is 25.8 Å². The number of rotatable bonds is 7. The lowest BCUT2D eigenvalue weighted by Gasteiger charge is -2.00. The molecule has 1 heterocycles. The molecule has 4 nitrogen and oxygen atoms in total. The van der Waals surface area contributed by atoms with Crippen molar-refractivity contribution in [3.63, 3.8) is 0 Å². The second kappa shape index (κ2) is 6.62. The van der Waals surface area contributed by atoms with Crippen LogP contribution in [0.4, 0.5) is 0 Å². The number of aliphatic hydroxyl groups excluding tert-OH is 1. The minimum Gasteiger partial charge on any atom is -0.447 e. The van der Waals surface area contributed by atoms with Gasteiger partial charge < -0.3 is 14.8 Å². The first-order chi connectivity index (χ1) is 6.43. The lowest BCUT2D eigenvalue weighted by atomic mass is 10.2. The van der Waals surface area contributed by atoms with Gasteiger partial charge in [0, 0.05) is 6.61 Å². The van der Waals surface area contributed by atoms with Crippen LogP contribution in [0.5, 0.6) is 0 Å². The minimum absolute atomic E-state index is 0.294. The Hall–Kier alpha value is -0.870. The van der Waals surface area contributed by atoms with Gasteiger partial charge in [-0.25, -0.2) is 4.98 Å². The maximum atomic E-state index is 8.53. The summed E-state index contributed by atoms with van der Waals surface area (Å²) in [4.78, 5) is 3.81. The Morgan fingerprint density at radius 3 is 3.00 bits per heavy atom. The quantitative estimate of drug-likeness (QED) is 0.619. The number of nitrogens with zero attached hydrogens (tertiary/aromatic N) is 1. The maximum Gasteiger partial charge on any atom is 0.180 e. The Kier molecular flexibility index (Phi) is 5.20. The number of nitrogens with one attached hydrogen (secondary N) is 1. The smallest absolute Gasteiger partial charge is 0.180 e. The molecule has 0 aliphatic heterocycles. The van der Waals surface area contributed by atoms with Gasteiger partial charge >= 0.3 is 0 Å². The summed E-state index contributed by atoms with van der Waals surface area (Å²) in [5.74, 6) is 0.863. The van der Waals surface area contributed by atoms with Crippen LogP contribution in [0.3, 0.4) is 0 Å². The molecule has 2 N–H and O–H groups in total. The van der Waals surface area contributed by atoms with E-state index >= 15 is 0 Å². The lowest BCUT2D eigenvalue weighted by molar-refractivity contribution is 0.282. The maximum absolute atomic E-state index is 8.53. The fourth-order valence-corrected chi connectivity index (χ4v) is 1.08. The molecule has 0 saturated heterocycles. The highest BCUT2D eigenvalue weighted by Crippen LogP contribution is 1.96. The van der Waals surface area contributed by atoms with Crippen molar-refractivity contribution in [3.8, 4) is 0 Å². The van der Waals surface area contributed by atoms with Crippen molar-refractivity contribution in [2.24, 2.45) is 0 Å². The van der Waals surface area contributed by atoms with Crippen LogP contribution >= 0.6 is 0 Å². The summed E-state index contributed by atoms with van der Waals surface area (Å²) in [7, 11) is 0. The first-order valence-electron chi connectivity index (χ1n) is 4.62. The van der Waals surface area contributed by atoms with E-state index in [1.54, 1.807) is 6.20 Å². The number of hydrogen-bond donors (Lipinski definition) is 2. The first kappa shape index (κ1) is 10.2. The van der Waals surface area contributed by atoms with Gasteiger partial charge in [-0.05, 0) is 25.8 Å². The molecule has 0 atom stereocenters. The molecule has 0 aromatic carbocycles. The van der Waals surface area contributed by atoms with E-state index in [4.69, 9.17) is 9.52 Å². The Balaban J connectivity index is 1.90. The van der Waals surface area contributed by atoms with E-state index in [0.717, 1.165) is 38.1 Å². The molecule has 74 valence electrons. The summed E-state index contributed by atoms with van der Waals surface area (Å²) in [6.45, 7) is 1.99. The van der Waals surface area contributed by atoms with Gasteiger partial charge in [-0.3, -0.25) is 0 Å². The third-order valence-corrected chi connectivity index (χ3v) is 1.79. The molecule has 4 heteroatoms. The predicted octanol–water partition coefficient (Wildman–Crippen LogP) is 0.927. The molecule has 0 bridgehead atoms. The van der Waals surface area contributed by atoms with E-state index in [2.05, 4.69) is 10.3 Å². The van der Waals surface area contributed by atoms with E-state index in [9.17, 15) is 0 Å². The number of aromatic nitrogens is 1. The van der Waals surface area contributed by atoms with Gasteiger partial charge in [0.1, 0.15) is 5.76 Å². The summed E-state index contributed by atoms with van der Waals surface area (Å²) < 4.78 is 5.05. The van der Waals surface area contributed by atoms with Crippen molar-refractivity contribution >= 4 is 0 Å². The van der Waals surface area contributed by atoms with Gasteiger partial charge in [0.15, 0.2) is 6.39 Å². The van der Waals surface area contributed by atoms with Crippen molar-refractivity contribution in [1.82, 2.24) is 10.3 Å². The fourth-order valence-electron chi connectivity index (χ4n) is 1.08. The van der Waals surface area contributed by atoms with E-state index in [1.807, 2.05) is 0 Å². The van der Waals surface area contributed by atoms with Gasteiger partial charge in [-0.2, -0.15) is 0 Å². The number of unbranched alkanes of at least 4 members (excludes halogenated alkanes) is 2. The molecule has 0 radical (unpaired) electrons. The normalized spacial score (nSPS) is 10.5. The number of aliphatic hydroxyl groups is 1. The second-order valence-electron chi connectivity index (χ2n) is 2.93. The van der Waals surface area contributed by atoms with Gasteiger partial charge in [-0.1, -0.05) is 0 Å². The molecular weight excluding hydrogens is 168 g/mol. The van der Waals surface area contributed by atoms with Gasteiger partial charge in [0.2, 0.25) is 0 Å². The molecule has 0 saturated carbocycles. The summed E-state index contributed by atoms with van der Waals surface area (Å²) in [5, 5.41) is 11.8. The van der Waals surface area contributed by atoms with Crippen molar-refractivity contribution < 1.29 is 9.52 Å². The molecule has 13 heavy (non-hydrogen) atoms. The van der Waals surface area contributed by atoms with Crippen molar-refractivity contribution in [1.29, 1.82) is 0 Å². The van der Waals surface area contributed by atoms with Crippen LogP contribution in [0.15, 0.2) is 17.0 Å². The molecule has 0 aliphatic rings. The molecule has 1 aromatic heterocycles. The van der Waals surface area contributed by atoms with E-state index in [-0.39, 0.29) is 0 Å². The van der Waals surface area contributed by atoms with Crippen molar-refractivity contribution in [3.05, 3.63) is 18.4 Å². The molecule has 0 unspecified atom stereocenters. The van der Waals surface area contributed by atoms with Gasteiger partial charge in [-0.15, -0.1) is 0 Å². The lowest BCUT2D eigenvalue weighted by Crippen LogP contribution is -2.14. The Morgan fingerprint density at radius 2 is 2.31 bits per heavy atom. The Bertz CT molecular complexity index is 199. The van der Waals surface area contributed by atoms with Crippen LogP contribution in [0, 0.1) is 0 Å². The Labute approximate surface area is 78.0 Å². The fraction of sp³-hybridized carbons (Fsp3) is 0.667. The topological polar surface area (TPSA) is 58.3 Å². The second-order valence-corrected chi connectivity index (χ2v) is 2.93. The van der Waals surface area contributed by atoms with Crippen LogP contribution in [0.25, 0.3) is 0 Å². The summed E-state index contributed by atoms with van der Waals surface area (Å²) >= 11 is 0. The van der Waals surface area contributed by atoms with Crippen LogP contribution in [-0.2, 0) is 6.54 Å². The average molecular weight is 184 g/mol. The summed E-state index contributed by atoms with van der Waals surface area (Å²) in [6, 6.07) is 0. The average Bonchev–Trinajstić information content (AvgIpc) is 2.63. The highest BCUT2D eigenvalue weighted by atomic mass is 16.3. The van der Waals surface area contributed by atoms with Crippen molar-refractivity contribution in [2.75, 3.05) is 13.2 Å². The molecule has 0 aliphatic carbocycles. The largest absolute Gasteiger partial charge is 0.447 e. The van der Waals surface area contributed by atoms with Gasteiger partial charge in [0.25, 0.3) is 0 Å². The van der Waals surface area contributed by atoms with Crippen LogP contribution in [-0.4, -0.2) is 23.2 Å². The van der Waals surface area contributed by atoms with E-state index in [1.165, 1.54) is 6.39 Å². The zero-order valence-electron chi connectivity index (χ0n) is 7.70.